The molecule has 3 N–H and O–H groups in total. The summed E-state index contributed by atoms with van der Waals surface area (Å²) in [6.07, 6.45) is 8.49. The molecule has 1 saturated heterocycles. The summed E-state index contributed by atoms with van der Waals surface area (Å²) in [4.78, 5) is 27.1. The predicted molar refractivity (Wildman–Crippen MR) is 115 cm³/mol. The first kappa shape index (κ1) is 20.5. The Labute approximate surface area is 177 Å². The summed E-state index contributed by atoms with van der Waals surface area (Å²) in [5, 5.41) is 8.87. The van der Waals surface area contributed by atoms with Crippen molar-refractivity contribution < 1.29 is 14.0 Å². The zero-order valence-corrected chi connectivity index (χ0v) is 17.2. The maximum atomic E-state index is 12.4. The third-order valence-corrected chi connectivity index (χ3v) is 6.00. The highest BCUT2D eigenvalue weighted by atomic mass is 16.3. The van der Waals surface area contributed by atoms with Crippen LogP contribution in [0.3, 0.4) is 0 Å². The molecule has 2 aromatic rings. The molecule has 160 valence electrons. The summed E-state index contributed by atoms with van der Waals surface area (Å²) in [5.41, 5.74) is 1.26. The highest BCUT2D eigenvalue weighted by molar-refractivity contribution is 5.95. The second kappa shape index (κ2) is 9.80. The molecule has 1 unspecified atom stereocenters. The van der Waals surface area contributed by atoms with Crippen LogP contribution in [0.25, 0.3) is 0 Å². The van der Waals surface area contributed by atoms with E-state index in [0.717, 1.165) is 31.7 Å². The summed E-state index contributed by atoms with van der Waals surface area (Å²) >= 11 is 0. The quantitative estimate of drug-likeness (QED) is 0.646. The van der Waals surface area contributed by atoms with Crippen molar-refractivity contribution in [2.75, 3.05) is 25.0 Å². The topological polar surface area (TPSA) is 86.6 Å². The molecule has 3 amide bonds. The molecule has 4 rings (SSSR count). The van der Waals surface area contributed by atoms with Gasteiger partial charge in [-0.2, -0.15) is 0 Å². The van der Waals surface area contributed by atoms with Crippen molar-refractivity contribution in [3.8, 4) is 0 Å². The highest BCUT2D eigenvalue weighted by Crippen LogP contribution is 2.25. The molecule has 7 nitrogen and oxygen atoms in total. The summed E-state index contributed by atoms with van der Waals surface area (Å²) in [6, 6.07) is 10.9. The average Bonchev–Trinajstić information content (AvgIpc) is 3.53. The first-order valence-electron chi connectivity index (χ1n) is 10.9. The Morgan fingerprint density at radius 2 is 1.77 bits per heavy atom. The number of hydrogen-bond acceptors (Lipinski definition) is 4. The molecule has 1 aromatic carbocycles. The lowest BCUT2D eigenvalue weighted by molar-refractivity contribution is 0.0938. The van der Waals surface area contributed by atoms with E-state index in [0.29, 0.717) is 23.8 Å². The molecule has 1 atom stereocenters. The van der Waals surface area contributed by atoms with Gasteiger partial charge in [0.1, 0.15) is 5.76 Å². The fraction of sp³-hybridized carbons (Fsp3) is 0.478. The van der Waals surface area contributed by atoms with Gasteiger partial charge in [0.15, 0.2) is 0 Å². The van der Waals surface area contributed by atoms with Gasteiger partial charge in [-0.15, -0.1) is 0 Å². The Hall–Kier alpha value is -2.80. The van der Waals surface area contributed by atoms with Gasteiger partial charge in [-0.3, -0.25) is 9.69 Å². The van der Waals surface area contributed by atoms with Crippen LogP contribution in [0.5, 0.6) is 0 Å². The van der Waals surface area contributed by atoms with Gasteiger partial charge in [0.25, 0.3) is 5.91 Å². The molecule has 2 aliphatic rings. The van der Waals surface area contributed by atoms with E-state index in [9.17, 15) is 9.59 Å². The molecular formula is C23H30N4O3. The molecule has 7 heteroatoms. The van der Waals surface area contributed by atoms with Gasteiger partial charge in [-0.1, -0.05) is 12.8 Å². The normalized spacial score (nSPS) is 18.3. The number of benzene rings is 1. The minimum atomic E-state index is -0.270. The Morgan fingerprint density at radius 1 is 1.03 bits per heavy atom. The number of anilines is 1. The largest absolute Gasteiger partial charge is 0.468 e. The molecule has 30 heavy (non-hydrogen) atoms. The zero-order chi connectivity index (χ0) is 20.8. The lowest BCUT2D eigenvalue weighted by atomic mass is 10.1. The van der Waals surface area contributed by atoms with Crippen LogP contribution in [-0.2, 0) is 0 Å². The summed E-state index contributed by atoms with van der Waals surface area (Å²) < 4.78 is 5.59. The summed E-state index contributed by atoms with van der Waals surface area (Å²) in [7, 11) is 0. The molecule has 0 spiro atoms. The van der Waals surface area contributed by atoms with Gasteiger partial charge in [0, 0.05) is 23.8 Å². The van der Waals surface area contributed by atoms with Crippen molar-refractivity contribution in [2.45, 2.75) is 50.6 Å². The first-order chi connectivity index (χ1) is 14.7. The number of carbonyl (C=O) groups is 2. The Morgan fingerprint density at radius 3 is 2.43 bits per heavy atom. The van der Waals surface area contributed by atoms with Gasteiger partial charge in [0.05, 0.1) is 12.3 Å². The number of likely N-dealkylation sites (tertiary alicyclic amines) is 1. The molecule has 0 radical (unpaired) electrons. The van der Waals surface area contributed by atoms with Crippen LogP contribution in [0.4, 0.5) is 10.5 Å². The van der Waals surface area contributed by atoms with Crippen molar-refractivity contribution in [1.82, 2.24) is 15.5 Å². The predicted octanol–water partition coefficient (Wildman–Crippen LogP) is 3.91. The van der Waals surface area contributed by atoms with Gasteiger partial charge < -0.3 is 20.4 Å². The smallest absolute Gasteiger partial charge is 0.319 e. The third kappa shape index (κ3) is 5.21. The molecule has 2 heterocycles. The Balaban J connectivity index is 1.28. The minimum Gasteiger partial charge on any atom is -0.468 e. The second-order valence-corrected chi connectivity index (χ2v) is 8.14. The van der Waals surface area contributed by atoms with Crippen LogP contribution < -0.4 is 16.0 Å². The van der Waals surface area contributed by atoms with Crippen LogP contribution in [-0.4, -0.2) is 42.5 Å². The van der Waals surface area contributed by atoms with Crippen LogP contribution in [0.1, 0.15) is 60.7 Å². The van der Waals surface area contributed by atoms with Crippen molar-refractivity contribution >= 4 is 17.6 Å². The Kier molecular flexibility index (Phi) is 6.69. The van der Waals surface area contributed by atoms with Gasteiger partial charge in [0.2, 0.25) is 0 Å². The summed E-state index contributed by atoms with van der Waals surface area (Å²) in [5.74, 6) is 0.819. The van der Waals surface area contributed by atoms with E-state index in [1.54, 1.807) is 30.5 Å². The molecule has 2 fully saturated rings. The van der Waals surface area contributed by atoms with E-state index in [1.807, 2.05) is 12.1 Å². The van der Waals surface area contributed by atoms with Gasteiger partial charge in [-0.05, 0) is 75.2 Å². The third-order valence-electron chi connectivity index (χ3n) is 6.00. The lowest BCUT2D eigenvalue weighted by Crippen LogP contribution is -2.38. The molecule has 1 aliphatic carbocycles. The maximum absolute atomic E-state index is 12.4. The monoisotopic (exact) mass is 410 g/mol. The standard InChI is InChI=1S/C23H30N4O3/c28-22(25-18-6-1-2-7-18)17-9-11-19(12-10-17)26-23(29)24-16-20(21-8-5-15-30-21)27-13-3-4-14-27/h5,8-12,15,18,20H,1-4,6-7,13-14,16H2,(H,25,28)(H2,24,26,29). The van der Waals surface area contributed by atoms with E-state index in [2.05, 4.69) is 20.9 Å². The van der Waals surface area contributed by atoms with Gasteiger partial charge in [-0.25, -0.2) is 4.79 Å². The SMILES string of the molecule is O=C(NCC(c1ccco1)N1CCCC1)Nc1ccc(C(=O)NC2CCCC2)cc1. The number of nitrogens with zero attached hydrogens (tertiary/aromatic N) is 1. The number of nitrogens with one attached hydrogen (secondary N) is 3. The maximum Gasteiger partial charge on any atom is 0.319 e. The van der Waals surface area contributed by atoms with E-state index < -0.39 is 0 Å². The number of urea groups is 1. The number of hydrogen-bond donors (Lipinski definition) is 3. The summed E-state index contributed by atoms with van der Waals surface area (Å²) in [6.45, 7) is 2.50. The van der Waals surface area contributed by atoms with E-state index in [4.69, 9.17) is 4.42 Å². The molecule has 1 aliphatic heterocycles. The fourth-order valence-corrected chi connectivity index (χ4v) is 4.35. The van der Waals surface area contributed by atoms with Crippen LogP contribution in [0.2, 0.25) is 0 Å². The highest BCUT2D eigenvalue weighted by Gasteiger charge is 2.26. The molecular weight excluding hydrogens is 380 g/mol. The number of amides is 3. The van der Waals surface area contributed by atoms with Crippen LogP contribution in [0, 0.1) is 0 Å². The van der Waals surface area contributed by atoms with Crippen molar-refractivity contribution in [3.63, 3.8) is 0 Å². The number of carbonyl (C=O) groups excluding carboxylic acids is 2. The van der Waals surface area contributed by atoms with Crippen molar-refractivity contribution in [1.29, 1.82) is 0 Å². The minimum absolute atomic E-state index is 0.0370. The van der Waals surface area contributed by atoms with Crippen LogP contribution in [0.15, 0.2) is 47.1 Å². The van der Waals surface area contributed by atoms with Crippen LogP contribution >= 0.6 is 0 Å². The van der Waals surface area contributed by atoms with E-state index >= 15 is 0 Å². The molecule has 1 aromatic heterocycles. The first-order valence-corrected chi connectivity index (χ1v) is 10.9. The molecule has 1 saturated carbocycles. The lowest BCUT2D eigenvalue weighted by Gasteiger charge is -2.26. The van der Waals surface area contributed by atoms with Crippen molar-refractivity contribution in [2.24, 2.45) is 0 Å². The van der Waals surface area contributed by atoms with Gasteiger partial charge >= 0.3 is 6.03 Å². The Bertz CT molecular complexity index is 823. The van der Waals surface area contributed by atoms with E-state index in [1.165, 1.54) is 25.7 Å². The number of rotatable bonds is 7. The number of furan rings is 1. The zero-order valence-electron chi connectivity index (χ0n) is 17.2. The molecule has 0 bridgehead atoms. The van der Waals surface area contributed by atoms with E-state index in [-0.39, 0.29) is 18.0 Å². The second-order valence-electron chi connectivity index (χ2n) is 8.14. The fourth-order valence-electron chi connectivity index (χ4n) is 4.35. The van der Waals surface area contributed by atoms with Crippen molar-refractivity contribution in [3.05, 3.63) is 54.0 Å². The average molecular weight is 411 g/mol.